The highest BCUT2D eigenvalue weighted by molar-refractivity contribution is 7.91. The number of hydrogen-bond acceptors (Lipinski definition) is 6. The molecule has 2 rings (SSSR count). The van der Waals surface area contributed by atoms with Gasteiger partial charge in [0, 0.05) is 0 Å². The van der Waals surface area contributed by atoms with Crippen molar-refractivity contribution < 1.29 is 28.1 Å². The molecule has 0 radical (unpaired) electrons. The SMILES string of the molecule is COc1cc(C(C)O)ccc1OC1CS(=O)(=O)CC1O. The second kappa shape index (κ2) is 5.59. The minimum absolute atomic E-state index is 0.213. The average molecular weight is 302 g/mol. The van der Waals surface area contributed by atoms with Crippen molar-refractivity contribution in [2.45, 2.75) is 25.2 Å². The molecule has 0 saturated carbocycles. The molecule has 1 saturated heterocycles. The Balaban J connectivity index is 2.21. The third-order valence-electron chi connectivity index (χ3n) is 3.22. The molecule has 112 valence electrons. The molecule has 1 heterocycles. The number of ether oxygens (including phenoxy) is 2. The van der Waals surface area contributed by atoms with Gasteiger partial charge in [0.2, 0.25) is 0 Å². The monoisotopic (exact) mass is 302 g/mol. The Morgan fingerprint density at radius 1 is 1.30 bits per heavy atom. The second-order valence-corrected chi connectivity index (χ2v) is 7.04. The van der Waals surface area contributed by atoms with Gasteiger partial charge in [0.25, 0.3) is 0 Å². The molecule has 0 spiro atoms. The highest BCUT2D eigenvalue weighted by Gasteiger charge is 2.38. The first kappa shape index (κ1) is 15.1. The van der Waals surface area contributed by atoms with Gasteiger partial charge in [-0.15, -0.1) is 0 Å². The minimum atomic E-state index is -3.26. The Morgan fingerprint density at radius 2 is 2.00 bits per heavy atom. The summed E-state index contributed by atoms with van der Waals surface area (Å²) in [6.07, 6.45) is -2.48. The van der Waals surface area contributed by atoms with Gasteiger partial charge in [-0.05, 0) is 24.6 Å². The van der Waals surface area contributed by atoms with E-state index in [1.165, 1.54) is 7.11 Å². The van der Waals surface area contributed by atoms with Crippen LogP contribution < -0.4 is 9.47 Å². The van der Waals surface area contributed by atoms with Gasteiger partial charge in [-0.2, -0.15) is 0 Å². The number of benzene rings is 1. The van der Waals surface area contributed by atoms with Crippen molar-refractivity contribution >= 4 is 9.84 Å². The van der Waals surface area contributed by atoms with E-state index in [-0.39, 0.29) is 11.5 Å². The van der Waals surface area contributed by atoms with Crippen molar-refractivity contribution in [3.63, 3.8) is 0 Å². The summed E-state index contributed by atoms with van der Waals surface area (Å²) in [5, 5.41) is 19.2. The zero-order valence-electron chi connectivity index (χ0n) is 11.3. The summed E-state index contributed by atoms with van der Waals surface area (Å²) < 4.78 is 33.6. The molecule has 0 aromatic heterocycles. The largest absolute Gasteiger partial charge is 0.493 e. The second-order valence-electron chi connectivity index (χ2n) is 4.89. The molecule has 2 N–H and O–H groups in total. The van der Waals surface area contributed by atoms with Crippen LogP contribution >= 0.6 is 0 Å². The smallest absolute Gasteiger partial charge is 0.161 e. The Kier molecular flexibility index (Phi) is 4.22. The quantitative estimate of drug-likeness (QED) is 0.830. The number of aliphatic hydroxyl groups excluding tert-OH is 2. The van der Waals surface area contributed by atoms with E-state index in [0.29, 0.717) is 17.1 Å². The Labute approximate surface area is 117 Å². The van der Waals surface area contributed by atoms with Crippen LogP contribution in [0.15, 0.2) is 18.2 Å². The van der Waals surface area contributed by atoms with Gasteiger partial charge in [0.1, 0.15) is 12.2 Å². The van der Waals surface area contributed by atoms with E-state index in [9.17, 15) is 18.6 Å². The van der Waals surface area contributed by atoms with Crippen LogP contribution in [0.3, 0.4) is 0 Å². The average Bonchev–Trinajstić information content (AvgIpc) is 2.62. The fourth-order valence-electron chi connectivity index (χ4n) is 2.11. The van der Waals surface area contributed by atoms with Crippen LogP contribution in [0, 0.1) is 0 Å². The van der Waals surface area contributed by atoms with Crippen LogP contribution in [0.1, 0.15) is 18.6 Å². The molecule has 7 heteroatoms. The highest BCUT2D eigenvalue weighted by atomic mass is 32.2. The van der Waals surface area contributed by atoms with E-state index >= 15 is 0 Å². The molecular weight excluding hydrogens is 284 g/mol. The molecule has 0 amide bonds. The van der Waals surface area contributed by atoms with Gasteiger partial charge in [-0.1, -0.05) is 6.07 Å². The van der Waals surface area contributed by atoms with E-state index < -0.39 is 28.1 Å². The molecule has 1 aromatic carbocycles. The first-order chi connectivity index (χ1) is 9.32. The summed E-state index contributed by atoms with van der Waals surface area (Å²) in [7, 11) is -1.81. The minimum Gasteiger partial charge on any atom is -0.493 e. The maximum Gasteiger partial charge on any atom is 0.161 e. The third-order valence-corrected chi connectivity index (χ3v) is 4.91. The van der Waals surface area contributed by atoms with Crippen molar-refractivity contribution in [1.29, 1.82) is 0 Å². The summed E-state index contributed by atoms with van der Waals surface area (Å²) in [5.74, 6) is 0.235. The van der Waals surface area contributed by atoms with Crippen molar-refractivity contribution in [2.75, 3.05) is 18.6 Å². The first-order valence-electron chi connectivity index (χ1n) is 6.23. The predicted octanol–water partition coefficient (Wildman–Crippen LogP) is 0.285. The molecule has 0 bridgehead atoms. The van der Waals surface area contributed by atoms with Gasteiger partial charge in [-0.3, -0.25) is 0 Å². The van der Waals surface area contributed by atoms with Crippen LogP contribution in [0.5, 0.6) is 11.5 Å². The van der Waals surface area contributed by atoms with Crippen molar-refractivity contribution in [3.05, 3.63) is 23.8 Å². The van der Waals surface area contributed by atoms with Crippen molar-refractivity contribution in [3.8, 4) is 11.5 Å². The maximum atomic E-state index is 11.4. The lowest BCUT2D eigenvalue weighted by Crippen LogP contribution is -2.29. The molecule has 20 heavy (non-hydrogen) atoms. The molecular formula is C13H18O6S. The van der Waals surface area contributed by atoms with E-state index in [0.717, 1.165) is 0 Å². The Bertz CT molecular complexity index is 581. The zero-order chi connectivity index (χ0) is 14.9. The van der Waals surface area contributed by atoms with Crippen LogP contribution in [-0.4, -0.2) is 49.5 Å². The van der Waals surface area contributed by atoms with Crippen molar-refractivity contribution in [1.82, 2.24) is 0 Å². The molecule has 3 unspecified atom stereocenters. The van der Waals surface area contributed by atoms with E-state index in [1.54, 1.807) is 25.1 Å². The number of rotatable bonds is 4. The zero-order valence-corrected chi connectivity index (χ0v) is 12.1. The van der Waals surface area contributed by atoms with Gasteiger partial charge in [0.15, 0.2) is 21.3 Å². The van der Waals surface area contributed by atoms with E-state index in [1.807, 2.05) is 0 Å². The van der Waals surface area contributed by atoms with Crippen LogP contribution in [-0.2, 0) is 9.84 Å². The normalized spacial score (nSPS) is 26.2. The fraction of sp³-hybridized carbons (Fsp3) is 0.538. The lowest BCUT2D eigenvalue weighted by molar-refractivity contribution is 0.0717. The predicted molar refractivity (Wildman–Crippen MR) is 72.7 cm³/mol. The van der Waals surface area contributed by atoms with Crippen LogP contribution in [0.2, 0.25) is 0 Å². The fourth-order valence-corrected chi connectivity index (χ4v) is 3.78. The molecule has 1 fully saturated rings. The third kappa shape index (κ3) is 3.23. The summed E-state index contributed by atoms with van der Waals surface area (Å²) in [5.41, 5.74) is 0.661. The molecule has 6 nitrogen and oxygen atoms in total. The summed E-state index contributed by atoms with van der Waals surface area (Å²) in [4.78, 5) is 0. The van der Waals surface area contributed by atoms with E-state index in [4.69, 9.17) is 9.47 Å². The standard InChI is InChI=1S/C13H18O6S/c1-8(14)9-3-4-11(12(5-9)18-2)19-13-7-20(16,17)6-10(13)15/h3-5,8,10,13-15H,6-7H2,1-2H3. The van der Waals surface area contributed by atoms with E-state index in [2.05, 4.69) is 0 Å². The van der Waals surface area contributed by atoms with Crippen LogP contribution in [0.25, 0.3) is 0 Å². The lowest BCUT2D eigenvalue weighted by atomic mass is 10.1. The number of methoxy groups -OCH3 is 1. The van der Waals surface area contributed by atoms with Crippen molar-refractivity contribution in [2.24, 2.45) is 0 Å². The summed E-state index contributed by atoms with van der Waals surface area (Å²) in [6, 6.07) is 4.88. The topological polar surface area (TPSA) is 93.1 Å². The molecule has 0 aliphatic carbocycles. The van der Waals surface area contributed by atoms with Gasteiger partial charge < -0.3 is 19.7 Å². The van der Waals surface area contributed by atoms with Gasteiger partial charge in [-0.25, -0.2) is 8.42 Å². The number of sulfone groups is 1. The maximum absolute atomic E-state index is 11.4. The number of aliphatic hydroxyl groups is 2. The van der Waals surface area contributed by atoms with Crippen LogP contribution in [0.4, 0.5) is 0 Å². The summed E-state index contributed by atoms with van der Waals surface area (Å²) >= 11 is 0. The van der Waals surface area contributed by atoms with Gasteiger partial charge >= 0.3 is 0 Å². The highest BCUT2D eigenvalue weighted by Crippen LogP contribution is 2.32. The molecule has 3 atom stereocenters. The summed E-state index contributed by atoms with van der Waals surface area (Å²) in [6.45, 7) is 1.63. The Morgan fingerprint density at radius 3 is 2.50 bits per heavy atom. The lowest BCUT2D eigenvalue weighted by Gasteiger charge is -2.18. The Hall–Kier alpha value is -1.31. The molecule has 1 aromatic rings. The first-order valence-corrected chi connectivity index (χ1v) is 8.05. The van der Waals surface area contributed by atoms with Gasteiger partial charge in [0.05, 0.1) is 24.7 Å². The molecule has 1 aliphatic heterocycles. The molecule has 1 aliphatic rings. The number of hydrogen-bond donors (Lipinski definition) is 2.